The van der Waals surface area contributed by atoms with Gasteiger partial charge in [-0.1, -0.05) is 37.3 Å². The molecule has 2 aliphatic carbocycles. The van der Waals surface area contributed by atoms with Crippen molar-refractivity contribution in [1.82, 2.24) is 24.9 Å². The molecule has 0 aromatic heterocycles. The van der Waals surface area contributed by atoms with Crippen molar-refractivity contribution in [2.75, 3.05) is 40.3 Å². The van der Waals surface area contributed by atoms with E-state index in [9.17, 15) is 9.59 Å². The van der Waals surface area contributed by atoms with Gasteiger partial charge in [-0.05, 0) is 56.4 Å². The zero-order valence-electron chi connectivity index (χ0n) is 21.7. The molecule has 1 aromatic carbocycles. The molecule has 1 aromatic rings. The Kier molecular flexibility index (Phi) is 7.24. The second-order valence-corrected chi connectivity index (χ2v) is 11.6. The van der Waals surface area contributed by atoms with Crippen LogP contribution in [0, 0.1) is 5.92 Å². The molecule has 2 unspecified atom stereocenters. The van der Waals surface area contributed by atoms with Gasteiger partial charge < -0.3 is 20.0 Å². The Balaban J connectivity index is 1.07. The second-order valence-electron chi connectivity index (χ2n) is 11.6. The van der Waals surface area contributed by atoms with Crippen molar-refractivity contribution in [3.8, 4) is 0 Å². The number of hydrogen-bond donors (Lipinski definition) is 1. The van der Waals surface area contributed by atoms with Gasteiger partial charge in [0.05, 0.1) is 6.04 Å². The minimum absolute atomic E-state index is 0.0191. The highest BCUT2D eigenvalue weighted by atomic mass is 16.2. The van der Waals surface area contributed by atoms with Crippen molar-refractivity contribution in [1.29, 1.82) is 0 Å². The fourth-order valence-corrected chi connectivity index (χ4v) is 6.48. The van der Waals surface area contributed by atoms with Crippen LogP contribution in [0.25, 0.3) is 0 Å². The first kappa shape index (κ1) is 24.4. The van der Waals surface area contributed by atoms with Gasteiger partial charge in [-0.3, -0.25) is 4.90 Å². The zero-order chi connectivity index (χ0) is 24.5. The van der Waals surface area contributed by atoms with E-state index >= 15 is 0 Å². The number of carbonyl (C=O) groups excluding carboxylic acids is 2. The standard InChI is InChI=1S/C28H43N5O2/c1-20-9-11-22(12-10-20)32-15-13-24(18-32)31(3)28(35)33-16-14-23(19-33)30(2)27(34)29-26-17-25(26)21-7-5-4-6-8-21/h4-8,20,22-26H,9-19H2,1-3H3,(H,29,34)/t20?,22?,23-,24+,25?,26?/m0/s1. The Morgan fingerprint density at radius 1 is 0.886 bits per heavy atom. The third kappa shape index (κ3) is 5.45. The van der Waals surface area contributed by atoms with Gasteiger partial charge in [-0.25, -0.2) is 9.59 Å². The number of nitrogens with one attached hydrogen (secondary N) is 1. The number of hydrogen-bond acceptors (Lipinski definition) is 3. The molecule has 1 N–H and O–H groups in total. The van der Waals surface area contributed by atoms with Crippen molar-refractivity contribution in [3.63, 3.8) is 0 Å². The van der Waals surface area contributed by atoms with E-state index in [1.54, 1.807) is 0 Å². The van der Waals surface area contributed by atoms with Crippen molar-refractivity contribution >= 4 is 12.1 Å². The van der Waals surface area contributed by atoms with Crippen LogP contribution in [-0.4, -0.2) is 96.1 Å². The summed E-state index contributed by atoms with van der Waals surface area (Å²) in [5, 5.41) is 3.20. The third-order valence-corrected chi connectivity index (χ3v) is 9.18. The minimum Gasteiger partial charge on any atom is -0.335 e. The second kappa shape index (κ2) is 10.4. The summed E-state index contributed by atoms with van der Waals surface area (Å²) in [6.07, 6.45) is 8.20. The summed E-state index contributed by atoms with van der Waals surface area (Å²) in [5.74, 6) is 1.29. The Morgan fingerprint density at radius 2 is 1.57 bits per heavy atom. The summed E-state index contributed by atoms with van der Waals surface area (Å²) in [5.41, 5.74) is 1.30. The van der Waals surface area contributed by atoms with Crippen LogP contribution in [0.2, 0.25) is 0 Å². The number of rotatable bonds is 5. The Labute approximate surface area is 210 Å². The maximum absolute atomic E-state index is 13.3. The van der Waals surface area contributed by atoms with E-state index in [2.05, 4.69) is 41.4 Å². The highest BCUT2D eigenvalue weighted by Gasteiger charge is 2.41. The normalized spacial score (nSPS) is 32.9. The molecular weight excluding hydrogens is 438 g/mol. The highest BCUT2D eigenvalue weighted by Crippen LogP contribution is 2.40. The molecule has 0 radical (unpaired) electrons. The molecule has 4 fully saturated rings. The Bertz CT molecular complexity index is 887. The van der Waals surface area contributed by atoms with Crippen LogP contribution in [0.1, 0.15) is 63.4 Å². The molecule has 4 atom stereocenters. The van der Waals surface area contributed by atoms with E-state index in [0.717, 1.165) is 44.8 Å². The molecule has 2 aliphatic heterocycles. The molecule has 7 nitrogen and oxygen atoms in total. The smallest absolute Gasteiger partial charge is 0.320 e. The fraction of sp³-hybridized carbons (Fsp3) is 0.714. The van der Waals surface area contributed by atoms with Crippen LogP contribution in [0.5, 0.6) is 0 Å². The van der Waals surface area contributed by atoms with E-state index in [1.807, 2.05) is 34.9 Å². The molecule has 0 bridgehead atoms. The monoisotopic (exact) mass is 481 g/mol. The number of likely N-dealkylation sites (tertiary alicyclic amines) is 2. The molecule has 0 spiro atoms. The predicted octanol–water partition coefficient (Wildman–Crippen LogP) is 3.96. The molecule has 4 amide bonds. The zero-order valence-corrected chi connectivity index (χ0v) is 21.7. The molecule has 2 saturated carbocycles. The average Bonchev–Trinajstić information content (AvgIpc) is 3.25. The average molecular weight is 482 g/mol. The van der Waals surface area contributed by atoms with Gasteiger partial charge in [-0.15, -0.1) is 0 Å². The summed E-state index contributed by atoms with van der Waals surface area (Å²) >= 11 is 0. The maximum Gasteiger partial charge on any atom is 0.320 e. The van der Waals surface area contributed by atoms with Gasteiger partial charge in [0.15, 0.2) is 0 Å². The first-order chi connectivity index (χ1) is 16.9. The van der Waals surface area contributed by atoms with E-state index in [-0.39, 0.29) is 24.1 Å². The number of urea groups is 2. The lowest BCUT2D eigenvalue weighted by atomic mass is 9.87. The number of amides is 4. The molecule has 2 saturated heterocycles. The maximum atomic E-state index is 13.3. The van der Waals surface area contributed by atoms with E-state index in [4.69, 9.17) is 0 Å². The van der Waals surface area contributed by atoms with Gasteiger partial charge >= 0.3 is 12.1 Å². The van der Waals surface area contributed by atoms with Gasteiger partial charge in [-0.2, -0.15) is 0 Å². The summed E-state index contributed by atoms with van der Waals surface area (Å²) in [6, 6.07) is 11.8. The molecule has 192 valence electrons. The van der Waals surface area contributed by atoms with Crippen LogP contribution in [0.3, 0.4) is 0 Å². The summed E-state index contributed by atoms with van der Waals surface area (Å²) in [4.78, 5) is 34.5. The van der Waals surface area contributed by atoms with Crippen LogP contribution in [0.4, 0.5) is 9.59 Å². The van der Waals surface area contributed by atoms with Gasteiger partial charge in [0.2, 0.25) is 0 Å². The first-order valence-electron chi connectivity index (χ1n) is 13.7. The summed E-state index contributed by atoms with van der Waals surface area (Å²) < 4.78 is 0. The van der Waals surface area contributed by atoms with Crippen molar-refractivity contribution in [3.05, 3.63) is 35.9 Å². The van der Waals surface area contributed by atoms with Crippen LogP contribution in [0.15, 0.2) is 30.3 Å². The Morgan fingerprint density at radius 3 is 2.31 bits per heavy atom. The number of benzene rings is 1. The lowest BCUT2D eigenvalue weighted by molar-refractivity contribution is 0.137. The van der Waals surface area contributed by atoms with Gasteiger partial charge in [0, 0.05) is 64.3 Å². The molecular formula is C28H43N5O2. The van der Waals surface area contributed by atoms with Crippen molar-refractivity contribution in [2.24, 2.45) is 5.92 Å². The summed E-state index contributed by atoms with van der Waals surface area (Å²) in [7, 11) is 3.84. The third-order valence-electron chi connectivity index (χ3n) is 9.18. The first-order valence-corrected chi connectivity index (χ1v) is 13.7. The SMILES string of the molecule is CC1CCC(N2CC[C@@H](N(C)C(=O)N3CC[C@H](N(C)C(=O)NC4CC4c4ccccc4)C3)C2)CC1. The number of carbonyl (C=O) groups is 2. The Hall–Kier alpha value is -2.28. The molecule has 7 heteroatoms. The van der Waals surface area contributed by atoms with E-state index in [1.165, 1.54) is 31.2 Å². The van der Waals surface area contributed by atoms with Crippen LogP contribution < -0.4 is 5.32 Å². The molecule has 35 heavy (non-hydrogen) atoms. The molecule has 4 aliphatic rings. The number of nitrogens with zero attached hydrogens (tertiary/aromatic N) is 4. The van der Waals surface area contributed by atoms with Crippen LogP contribution >= 0.6 is 0 Å². The largest absolute Gasteiger partial charge is 0.335 e. The topological polar surface area (TPSA) is 59.1 Å². The van der Waals surface area contributed by atoms with Crippen molar-refractivity contribution in [2.45, 2.75) is 82.0 Å². The summed E-state index contributed by atoms with van der Waals surface area (Å²) in [6.45, 7) is 5.82. The van der Waals surface area contributed by atoms with E-state index < -0.39 is 0 Å². The van der Waals surface area contributed by atoms with Gasteiger partial charge in [0.25, 0.3) is 0 Å². The lowest BCUT2D eigenvalue weighted by Crippen LogP contribution is -2.49. The quantitative estimate of drug-likeness (QED) is 0.693. The fourth-order valence-electron chi connectivity index (χ4n) is 6.48. The highest BCUT2D eigenvalue weighted by molar-refractivity contribution is 5.77. The number of likely N-dealkylation sites (N-methyl/N-ethyl adjacent to an activating group) is 2. The van der Waals surface area contributed by atoms with E-state index in [0.29, 0.717) is 24.5 Å². The lowest BCUT2D eigenvalue weighted by Gasteiger charge is -2.34. The molecule has 5 rings (SSSR count). The van der Waals surface area contributed by atoms with Crippen LogP contribution in [-0.2, 0) is 0 Å². The predicted molar refractivity (Wildman–Crippen MR) is 138 cm³/mol. The molecule has 2 heterocycles. The van der Waals surface area contributed by atoms with Crippen molar-refractivity contribution < 1.29 is 9.59 Å². The van der Waals surface area contributed by atoms with Gasteiger partial charge in [0.1, 0.15) is 0 Å². The minimum atomic E-state index is -0.0191.